The van der Waals surface area contributed by atoms with Crippen LogP contribution in [0.25, 0.3) is 6.08 Å². The Morgan fingerprint density at radius 1 is 0.895 bits per heavy atom. The van der Waals surface area contributed by atoms with E-state index in [4.69, 9.17) is 34.8 Å². The number of hydrogen-bond donors (Lipinski definition) is 2. The molecule has 2 aromatic carbocycles. The molecular formula is C22H14BrCl3F8N2O2. The standard InChI is InChI=1S/C22H14BrCl3F8N2O2/c23-14-5-10(2-4-13(22(32,33)34)11-6-15(24)17(26)16(25)7-11)1-3-12(14)18(37)35-8-20(27,28)19(38)36-9-21(29,30)31/h1-7,13H,8-9H2,(H,35,37)(H,36,38)/b4-2+. The second kappa shape index (κ2) is 12.4. The summed E-state index contributed by atoms with van der Waals surface area (Å²) in [6, 6.07) is 5.55. The summed E-state index contributed by atoms with van der Waals surface area (Å²) in [4.78, 5) is 23.5. The quantitative estimate of drug-likeness (QED) is 0.222. The molecule has 16 heteroatoms. The Hall–Kier alpha value is -2.09. The van der Waals surface area contributed by atoms with Crippen molar-refractivity contribution < 1.29 is 44.7 Å². The number of amides is 2. The van der Waals surface area contributed by atoms with Crippen molar-refractivity contribution in [2.45, 2.75) is 24.2 Å². The van der Waals surface area contributed by atoms with Crippen LogP contribution in [0.4, 0.5) is 35.1 Å². The molecule has 0 bridgehead atoms. The lowest BCUT2D eigenvalue weighted by molar-refractivity contribution is -0.154. The van der Waals surface area contributed by atoms with Gasteiger partial charge in [-0.2, -0.15) is 35.1 Å². The topological polar surface area (TPSA) is 58.2 Å². The molecule has 0 saturated heterocycles. The number of benzene rings is 2. The van der Waals surface area contributed by atoms with E-state index in [1.807, 2.05) is 0 Å². The Balaban J connectivity index is 2.16. The van der Waals surface area contributed by atoms with Gasteiger partial charge in [-0.15, -0.1) is 0 Å². The van der Waals surface area contributed by atoms with Gasteiger partial charge in [-0.1, -0.05) is 53.0 Å². The number of alkyl halides is 8. The molecule has 0 heterocycles. The fraction of sp³-hybridized carbons (Fsp3) is 0.273. The summed E-state index contributed by atoms with van der Waals surface area (Å²) in [5.74, 6) is -9.86. The van der Waals surface area contributed by atoms with Crippen LogP contribution in [-0.4, -0.2) is 43.2 Å². The Morgan fingerprint density at radius 2 is 1.47 bits per heavy atom. The third kappa shape index (κ3) is 8.99. The summed E-state index contributed by atoms with van der Waals surface area (Å²) < 4.78 is 105. The van der Waals surface area contributed by atoms with Crippen LogP contribution in [-0.2, 0) is 4.79 Å². The molecule has 0 fully saturated rings. The summed E-state index contributed by atoms with van der Waals surface area (Å²) in [6.07, 6.45) is -7.77. The van der Waals surface area contributed by atoms with Gasteiger partial charge in [0.25, 0.3) is 11.8 Å². The smallest absolute Gasteiger partial charge is 0.345 e. The Kier molecular flexibility index (Phi) is 10.5. The number of carbonyl (C=O) groups excluding carboxylic acids is 2. The molecule has 0 aliphatic carbocycles. The maximum Gasteiger partial charge on any atom is 0.405 e. The summed E-state index contributed by atoms with van der Waals surface area (Å²) >= 11 is 20.5. The van der Waals surface area contributed by atoms with E-state index in [-0.39, 0.29) is 36.2 Å². The van der Waals surface area contributed by atoms with E-state index < -0.39 is 49.1 Å². The van der Waals surface area contributed by atoms with Crippen LogP contribution >= 0.6 is 50.7 Å². The molecule has 0 aromatic heterocycles. The summed E-state index contributed by atoms with van der Waals surface area (Å²) in [5.41, 5.74) is -0.355. The minimum Gasteiger partial charge on any atom is -0.345 e. The fourth-order valence-corrected chi connectivity index (χ4v) is 4.06. The molecule has 2 aromatic rings. The predicted molar refractivity (Wildman–Crippen MR) is 130 cm³/mol. The van der Waals surface area contributed by atoms with Crippen molar-refractivity contribution in [3.63, 3.8) is 0 Å². The van der Waals surface area contributed by atoms with Gasteiger partial charge in [-0.25, -0.2) is 0 Å². The van der Waals surface area contributed by atoms with Crippen LogP contribution in [0.1, 0.15) is 27.4 Å². The highest BCUT2D eigenvalue weighted by molar-refractivity contribution is 9.10. The van der Waals surface area contributed by atoms with Gasteiger partial charge in [0.05, 0.1) is 33.1 Å². The highest BCUT2D eigenvalue weighted by Gasteiger charge is 2.41. The Labute approximate surface area is 233 Å². The van der Waals surface area contributed by atoms with Gasteiger partial charge in [0.2, 0.25) is 0 Å². The molecule has 2 rings (SSSR count). The van der Waals surface area contributed by atoms with Gasteiger partial charge in [0, 0.05) is 4.47 Å². The second-order valence-corrected chi connectivity index (χ2v) is 9.65. The molecule has 38 heavy (non-hydrogen) atoms. The van der Waals surface area contributed by atoms with E-state index in [1.54, 1.807) is 5.32 Å². The highest BCUT2D eigenvalue weighted by atomic mass is 79.9. The lowest BCUT2D eigenvalue weighted by Crippen LogP contribution is -2.50. The largest absolute Gasteiger partial charge is 0.405 e. The van der Waals surface area contributed by atoms with Crippen molar-refractivity contribution in [2.24, 2.45) is 0 Å². The SMILES string of the molecule is O=C(NCC(F)(F)C(=O)NCC(F)(F)F)c1ccc(/C=C/C(c2cc(Cl)c(Cl)c(Cl)c2)C(F)(F)F)cc1Br. The first-order valence-corrected chi connectivity index (χ1v) is 11.9. The molecule has 0 radical (unpaired) electrons. The van der Waals surface area contributed by atoms with Crippen molar-refractivity contribution >= 4 is 68.6 Å². The van der Waals surface area contributed by atoms with Gasteiger partial charge in [0.15, 0.2) is 0 Å². The van der Waals surface area contributed by atoms with Crippen LogP contribution in [0.2, 0.25) is 15.1 Å². The lowest BCUT2D eigenvalue weighted by atomic mass is 9.97. The van der Waals surface area contributed by atoms with Crippen molar-refractivity contribution in [3.05, 3.63) is 72.6 Å². The van der Waals surface area contributed by atoms with Gasteiger partial charge < -0.3 is 10.6 Å². The van der Waals surface area contributed by atoms with E-state index in [0.29, 0.717) is 0 Å². The third-order valence-electron chi connectivity index (χ3n) is 4.69. The second-order valence-electron chi connectivity index (χ2n) is 7.60. The number of halogens is 12. The minimum atomic E-state index is -4.91. The van der Waals surface area contributed by atoms with E-state index in [0.717, 1.165) is 35.7 Å². The number of hydrogen-bond acceptors (Lipinski definition) is 2. The van der Waals surface area contributed by atoms with Gasteiger partial charge >= 0.3 is 18.3 Å². The first-order chi connectivity index (χ1) is 17.3. The zero-order chi connectivity index (χ0) is 29.1. The van der Waals surface area contributed by atoms with Crippen LogP contribution in [0, 0.1) is 0 Å². The monoisotopic (exact) mass is 674 g/mol. The number of nitrogens with one attached hydrogen (secondary N) is 2. The molecular weight excluding hydrogens is 663 g/mol. The summed E-state index contributed by atoms with van der Waals surface area (Å²) in [5, 5.41) is 2.26. The molecule has 1 unspecified atom stereocenters. The normalized spacial score (nSPS) is 13.5. The summed E-state index contributed by atoms with van der Waals surface area (Å²) in [6.45, 7) is -3.59. The molecule has 0 aliphatic heterocycles. The molecule has 208 valence electrons. The first kappa shape index (κ1) is 32.1. The van der Waals surface area contributed by atoms with Gasteiger partial charge in [-0.05, 0) is 51.3 Å². The molecule has 4 nitrogen and oxygen atoms in total. The van der Waals surface area contributed by atoms with Crippen LogP contribution < -0.4 is 10.6 Å². The zero-order valence-electron chi connectivity index (χ0n) is 18.4. The van der Waals surface area contributed by atoms with E-state index in [2.05, 4.69) is 15.9 Å². The molecule has 2 amide bonds. The molecule has 2 N–H and O–H groups in total. The van der Waals surface area contributed by atoms with Gasteiger partial charge in [-0.3, -0.25) is 9.59 Å². The number of rotatable bonds is 8. The predicted octanol–water partition coefficient (Wildman–Crippen LogP) is 7.81. The average molecular weight is 677 g/mol. The summed E-state index contributed by atoms with van der Waals surface area (Å²) in [7, 11) is 0. The first-order valence-electron chi connectivity index (χ1n) is 10.0. The van der Waals surface area contributed by atoms with Crippen molar-refractivity contribution in [2.75, 3.05) is 13.1 Å². The van der Waals surface area contributed by atoms with E-state index in [1.165, 1.54) is 12.1 Å². The lowest BCUT2D eigenvalue weighted by Gasteiger charge is -2.18. The van der Waals surface area contributed by atoms with Crippen LogP contribution in [0.3, 0.4) is 0 Å². The Morgan fingerprint density at radius 3 is 1.97 bits per heavy atom. The Bertz CT molecular complexity index is 1210. The number of carbonyl (C=O) groups is 2. The fourth-order valence-electron chi connectivity index (χ4n) is 2.87. The molecule has 0 saturated carbocycles. The average Bonchev–Trinajstić information content (AvgIpc) is 2.78. The highest BCUT2D eigenvalue weighted by Crippen LogP contribution is 2.41. The van der Waals surface area contributed by atoms with Crippen LogP contribution in [0.15, 0.2) is 40.9 Å². The van der Waals surface area contributed by atoms with Crippen molar-refractivity contribution in [1.29, 1.82) is 0 Å². The van der Waals surface area contributed by atoms with Crippen molar-refractivity contribution in [1.82, 2.24) is 10.6 Å². The maximum atomic E-state index is 13.8. The molecule has 1 atom stereocenters. The van der Waals surface area contributed by atoms with E-state index >= 15 is 0 Å². The van der Waals surface area contributed by atoms with Gasteiger partial charge in [0.1, 0.15) is 6.54 Å². The minimum absolute atomic E-state index is 0.0110. The van der Waals surface area contributed by atoms with Crippen molar-refractivity contribution in [3.8, 4) is 0 Å². The van der Waals surface area contributed by atoms with Crippen LogP contribution in [0.5, 0.6) is 0 Å². The molecule has 0 spiro atoms. The molecule has 0 aliphatic rings. The zero-order valence-corrected chi connectivity index (χ0v) is 22.2. The third-order valence-corrected chi connectivity index (χ3v) is 6.54. The maximum absolute atomic E-state index is 13.8. The number of allylic oxidation sites excluding steroid dienone is 1. The van der Waals surface area contributed by atoms with E-state index in [9.17, 15) is 44.7 Å².